The molecule has 2 aromatic carbocycles. The van der Waals surface area contributed by atoms with Crippen LogP contribution in [0.25, 0.3) is 10.9 Å². The van der Waals surface area contributed by atoms with Gasteiger partial charge in [0.2, 0.25) is 0 Å². The fourth-order valence-corrected chi connectivity index (χ4v) is 2.70. The molecule has 0 unspecified atom stereocenters. The van der Waals surface area contributed by atoms with Gasteiger partial charge in [-0.05, 0) is 48.9 Å². The SMILES string of the molecule is O=C(Nc1ccc(Cl)cc1)c1cc2c(OCCCBr)cccc2[nH]1. The normalized spacial score (nSPS) is 10.8. The number of aromatic amines is 1. The molecule has 1 amide bonds. The molecular weight excluding hydrogens is 392 g/mol. The number of carbonyl (C=O) groups is 1. The standard InChI is InChI=1S/C18H16BrClN2O2/c19-9-2-10-24-17-4-1-3-15-14(17)11-16(22-15)18(23)21-13-7-5-12(20)6-8-13/h1,3-8,11,22H,2,9-10H2,(H,21,23). The number of rotatable bonds is 6. The molecule has 0 fully saturated rings. The topological polar surface area (TPSA) is 54.1 Å². The maximum Gasteiger partial charge on any atom is 0.272 e. The first kappa shape index (κ1) is 16.9. The summed E-state index contributed by atoms with van der Waals surface area (Å²) in [5.74, 6) is 0.565. The fraction of sp³-hybridized carbons (Fsp3) is 0.167. The average Bonchev–Trinajstić information content (AvgIpc) is 3.02. The first-order chi connectivity index (χ1) is 11.7. The van der Waals surface area contributed by atoms with E-state index in [4.69, 9.17) is 16.3 Å². The van der Waals surface area contributed by atoms with Gasteiger partial charge in [-0.25, -0.2) is 0 Å². The Morgan fingerprint density at radius 1 is 1.21 bits per heavy atom. The van der Waals surface area contributed by atoms with E-state index in [1.54, 1.807) is 24.3 Å². The van der Waals surface area contributed by atoms with Crippen LogP contribution in [0, 0.1) is 0 Å². The van der Waals surface area contributed by atoms with E-state index < -0.39 is 0 Å². The predicted molar refractivity (Wildman–Crippen MR) is 102 cm³/mol. The predicted octanol–water partition coefficient (Wildman–Crippen LogP) is 5.24. The highest BCUT2D eigenvalue weighted by atomic mass is 79.9. The molecule has 2 N–H and O–H groups in total. The van der Waals surface area contributed by atoms with Gasteiger partial charge in [0.15, 0.2) is 0 Å². The van der Waals surface area contributed by atoms with Crippen molar-refractivity contribution >= 4 is 50.0 Å². The number of hydrogen-bond donors (Lipinski definition) is 2. The van der Waals surface area contributed by atoms with Crippen LogP contribution in [0.5, 0.6) is 5.75 Å². The average molecular weight is 408 g/mol. The lowest BCUT2D eigenvalue weighted by Gasteiger charge is -2.05. The summed E-state index contributed by atoms with van der Waals surface area (Å²) in [6.45, 7) is 0.627. The Morgan fingerprint density at radius 2 is 2.00 bits per heavy atom. The zero-order chi connectivity index (χ0) is 16.9. The van der Waals surface area contributed by atoms with Crippen LogP contribution in [0.2, 0.25) is 5.02 Å². The van der Waals surface area contributed by atoms with Gasteiger partial charge in [0.1, 0.15) is 11.4 Å². The number of alkyl halides is 1. The van der Waals surface area contributed by atoms with Crippen LogP contribution in [0.4, 0.5) is 5.69 Å². The molecule has 0 atom stereocenters. The molecule has 6 heteroatoms. The summed E-state index contributed by atoms with van der Waals surface area (Å²) in [5, 5.41) is 5.26. The number of anilines is 1. The number of ether oxygens (including phenoxy) is 1. The summed E-state index contributed by atoms with van der Waals surface area (Å²) in [7, 11) is 0. The first-order valence-corrected chi connectivity index (χ1v) is 9.05. The fourth-order valence-electron chi connectivity index (χ4n) is 2.34. The molecule has 3 rings (SSSR count). The van der Waals surface area contributed by atoms with Crippen LogP contribution in [0.1, 0.15) is 16.9 Å². The molecule has 4 nitrogen and oxygen atoms in total. The number of fused-ring (bicyclic) bond motifs is 1. The maximum absolute atomic E-state index is 12.4. The molecule has 0 radical (unpaired) electrons. The van der Waals surface area contributed by atoms with E-state index in [1.807, 2.05) is 24.3 Å². The summed E-state index contributed by atoms with van der Waals surface area (Å²) < 4.78 is 5.79. The van der Waals surface area contributed by atoms with Crippen molar-refractivity contribution in [1.29, 1.82) is 0 Å². The van der Waals surface area contributed by atoms with E-state index in [-0.39, 0.29) is 5.91 Å². The van der Waals surface area contributed by atoms with Crippen LogP contribution in [-0.2, 0) is 0 Å². The third-order valence-corrected chi connectivity index (χ3v) is 4.32. The highest BCUT2D eigenvalue weighted by Crippen LogP contribution is 2.27. The quantitative estimate of drug-likeness (QED) is 0.434. The number of carbonyl (C=O) groups excluding carboxylic acids is 1. The van der Waals surface area contributed by atoms with Crippen LogP contribution in [-0.4, -0.2) is 22.8 Å². The Kier molecular flexibility index (Phi) is 5.43. The van der Waals surface area contributed by atoms with Gasteiger partial charge in [-0.2, -0.15) is 0 Å². The van der Waals surface area contributed by atoms with Gasteiger partial charge < -0.3 is 15.0 Å². The van der Waals surface area contributed by atoms with Gasteiger partial charge in [-0.1, -0.05) is 33.6 Å². The highest BCUT2D eigenvalue weighted by molar-refractivity contribution is 9.09. The molecule has 24 heavy (non-hydrogen) atoms. The second kappa shape index (κ2) is 7.73. The summed E-state index contributed by atoms with van der Waals surface area (Å²) in [5.41, 5.74) is 2.04. The highest BCUT2D eigenvalue weighted by Gasteiger charge is 2.12. The van der Waals surface area contributed by atoms with E-state index in [2.05, 4.69) is 26.2 Å². The minimum absolute atomic E-state index is 0.208. The molecule has 0 spiro atoms. The van der Waals surface area contributed by atoms with E-state index in [1.165, 1.54) is 0 Å². The number of halogens is 2. The molecule has 0 aliphatic carbocycles. The van der Waals surface area contributed by atoms with Gasteiger partial charge >= 0.3 is 0 Å². The molecule has 0 saturated carbocycles. The van der Waals surface area contributed by atoms with E-state index in [0.717, 1.165) is 28.4 Å². The summed E-state index contributed by atoms with van der Waals surface area (Å²) in [6.07, 6.45) is 0.921. The molecule has 0 aliphatic heterocycles. The van der Waals surface area contributed by atoms with Gasteiger partial charge in [0.25, 0.3) is 5.91 Å². The van der Waals surface area contributed by atoms with Crippen molar-refractivity contribution in [2.24, 2.45) is 0 Å². The maximum atomic E-state index is 12.4. The van der Waals surface area contributed by atoms with Gasteiger partial charge in [-0.3, -0.25) is 4.79 Å². The minimum Gasteiger partial charge on any atom is -0.493 e. The Hall–Kier alpha value is -1.98. The molecule has 0 saturated heterocycles. The number of H-pyrrole nitrogens is 1. The number of benzene rings is 2. The molecule has 1 heterocycles. The largest absolute Gasteiger partial charge is 0.493 e. The third-order valence-electron chi connectivity index (χ3n) is 3.51. The lowest BCUT2D eigenvalue weighted by molar-refractivity contribution is 0.102. The van der Waals surface area contributed by atoms with Crippen LogP contribution < -0.4 is 10.1 Å². The zero-order valence-electron chi connectivity index (χ0n) is 12.8. The van der Waals surface area contributed by atoms with Crippen LogP contribution >= 0.6 is 27.5 Å². The lowest BCUT2D eigenvalue weighted by Crippen LogP contribution is -2.11. The summed E-state index contributed by atoms with van der Waals surface area (Å²) in [6, 6.07) is 14.5. The van der Waals surface area contributed by atoms with E-state index >= 15 is 0 Å². The Balaban J connectivity index is 1.80. The number of nitrogens with one attached hydrogen (secondary N) is 2. The van der Waals surface area contributed by atoms with E-state index in [0.29, 0.717) is 23.0 Å². The molecule has 0 bridgehead atoms. The molecule has 124 valence electrons. The summed E-state index contributed by atoms with van der Waals surface area (Å²) in [4.78, 5) is 15.5. The number of hydrogen-bond acceptors (Lipinski definition) is 2. The molecule has 1 aromatic heterocycles. The van der Waals surface area contributed by atoms with Crippen molar-refractivity contribution < 1.29 is 9.53 Å². The second-order valence-electron chi connectivity index (χ2n) is 5.25. The first-order valence-electron chi connectivity index (χ1n) is 7.55. The van der Waals surface area contributed by atoms with Crippen molar-refractivity contribution in [3.63, 3.8) is 0 Å². The molecule has 0 aliphatic rings. The number of amides is 1. The van der Waals surface area contributed by atoms with Crippen molar-refractivity contribution in [3.05, 3.63) is 59.2 Å². The van der Waals surface area contributed by atoms with Gasteiger partial charge in [0.05, 0.1) is 6.61 Å². The second-order valence-corrected chi connectivity index (χ2v) is 6.48. The van der Waals surface area contributed by atoms with Gasteiger partial charge in [-0.15, -0.1) is 0 Å². The number of aromatic nitrogens is 1. The Bertz CT molecular complexity index is 846. The monoisotopic (exact) mass is 406 g/mol. The Labute approximate surface area is 153 Å². The Morgan fingerprint density at radius 3 is 2.75 bits per heavy atom. The minimum atomic E-state index is -0.208. The summed E-state index contributed by atoms with van der Waals surface area (Å²) >= 11 is 9.24. The van der Waals surface area contributed by atoms with Crippen molar-refractivity contribution in [1.82, 2.24) is 4.98 Å². The lowest BCUT2D eigenvalue weighted by atomic mass is 10.2. The zero-order valence-corrected chi connectivity index (χ0v) is 15.2. The third kappa shape index (κ3) is 3.91. The molecule has 3 aromatic rings. The van der Waals surface area contributed by atoms with Crippen molar-refractivity contribution in [3.8, 4) is 5.75 Å². The van der Waals surface area contributed by atoms with Crippen molar-refractivity contribution in [2.45, 2.75) is 6.42 Å². The molecular formula is C18H16BrClN2O2. The van der Waals surface area contributed by atoms with Gasteiger partial charge in [0, 0.05) is 26.9 Å². The van der Waals surface area contributed by atoms with E-state index in [9.17, 15) is 4.79 Å². The van der Waals surface area contributed by atoms with Crippen LogP contribution in [0.3, 0.4) is 0 Å². The van der Waals surface area contributed by atoms with Crippen molar-refractivity contribution in [2.75, 3.05) is 17.3 Å². The van der Waals surface area contributed by atoms with Crippen LogP contribution in [0.15, 0.2) is 48.5 Å². The smallest absolute Gasteiger partial charge is 0.272 e.